The molecule has 1 aromatic rings. The molecule has 0 bridgehead atoms. The van der Waals surface area contributed by atoms with Gasteiger partial charge in [0.05, 0.1) is 0 Å². The van der Waals surface area contributed by atoms with E-state index in [1.165, 1.54) is 36.6 Å². The second-order valence-corrected chi connectivity index (χ2v) is 6.71. The molecular formula is C16H24N2S. The van der Waals surface area contributed by atoms with Crippen LogP contribution in [0.2, 0.25) is 0 Å². The van der Waals surface area contributed by atoms with Gasteiger partial charge in [-0.05, 0) is 37.6 Å². The van der Waals surface area contributed by atoms with Crippen molar-refractivity contribution in [1.82, 2.24) is 10.2 Å². The molecule has 2 heterocycles. The normalized spacial score (nSPS) is 26.8. The van der Waals surface area contributed by atoms with E-state index in [0.717, 1.165) is 25.0 Å². The van der Waals surface area contributed by atoms with Crippen LogP contribution in [0.5, 0.6) is 0 Å². The Bertz CT molecular complexity index is 421. The molecule has 0 aromatic heterocycles. The number of hydrogen-bond donors (Lipinski definition) is 1. The van der Waals surface area contributed by atoms with E-state index >= 15 is 0 Å². The zero-order valence-corrected chi connectivity index (χ0v) is 12.6. The van der Waals surface area contributed by atoms with Gasteiger partial charge >= 0.3 is 0 Å². The fourth-order valence-corrected chi connectivity index (χ4v) is 4.58. The van der Waals surface area contributed by atoms with Crippen molar-refractivity contribution in [2.45, 2.75) is 36.6 Å². The maximum Gasteiger partial charge on any atom is 0.0221 e. The fourth-order valence-electron chi connectivity index (χ4n) is 3.34. The standard InChI is InChI=1S/C16H24N2S/c1-2-17-10-14-6-5-9-18(14)11-13-12-19-16-8-4-3-7-15(13)16/h3-4,7-8,13-14,17H,2,5-6,9-12H2,1H3. The molecule has 104 valence electrons. The van der Waals surface area contributed by atoms with Gasteiger partial charge in [-0.3, -0.25) is 4.90 Å². The number of benzene rings is 1. The zero-order valence-electron chi connectivity index (χ0n) is 11.8. The van der Waals surface area contributed by atoms with E-state index in [4.69, 9.17) is 0 Å². The molecule has 2 atom stereocenters. The summed E-state index contributed by atoms with van der Waals surface area (Å²) in [6.45, 7) is 6.99. The number of fused-ring (bicyclic) bond motifs is 1. The monoisotopic (exact) mass is 276 g/mol. The van der Waals surface area contributed by atoms with E-state index in [1.54, 1.807) is 5.56 Å². The first-order chi connectivity index (χ1) is 9.38. The van der Waals surface area contributed by atoms with Gasteiger partial charge in [-0.2, -0.15) is 0 Å². The van der Waals surface area contributed by atoms with Gasteiger partial charge in [0.1, 0.15) is 0 Å². The second kappa shape index (κ2) is 6.29. The lowest BCUT2D eigenvalue weighted by atomic mass is 10.0. The average Bonchev–Trinajstić information content (AvgIpc) is 3.05. The summed E-state index contributed by atoms with van der Waals surface area (Å²) in [6.07, 6.45) is 2.74. The Hall–Kier alpha value is -0.510. The van der Waals surface area contributed by atoms with Crippen LogP contribution in [-0.2, 0) is 0 Å². The minimum absolute atomic E-state index is 0.739. The van der Waals surface area contributed by atoms with Crippen LogP contribution in [-0.4, -0.2) is 42.9 Å². The number of likely N-dealkylation sites (N-methyl/N-ethyl adjacent to an activating group) is 1. The van der Waals surface area contributed by atoms with E-state index in [0.29, 0.717) is 0 Å². The highest BCUT2D eigenvalue weighted by Crippen LogP contribution is 2.40. The molecule has 0 radical (unpaired) electrons. The van der Waals surface area contributed by atoms with Crippen molar-refractivity contribution >= 4 is 11.8 Å². The Labute approximate surface area is 121 Å². The average molecular weight is 276 g/mol. The molecule has 2 nitrogen and oxygen atoms in total. The third kappa shape index (κ3) is 2.99. The molecule has 19 heavy (non-hydrogen) atoms. The summed E-state index contributed by atoms with van der Waals surface area (Å²) in [5.74, 6) is 2.01. The largest absolute Gasteiger partial charge is 0.315 e. The Morgan fingerprint density at radius 3 is 3.16 bits per heavy atom. The van der Waals surface area contributed by atoms with Gasteiger partial charge < -0.3 is 5.32 Å². The predicted octanol–water partition coefficient (Wildman–Crippen LogP) is 2.95. The molecule has 2 aliphatic rings. The van der Waals surface area contributed by atoms with E-state index < -0.39 is 0 Å². The zero-order chi connectivity index (χ0) is 13.1. The first-order valence-corrected chi connectivity index (χ1v) is 8.53. The Balaban J connectivity index is 1.62. The number of likely N-dealkylation sites (tertiary alicyclic amines) is 1. The van der Waals surface area contributed by atoms with Crippen LogP contribution in [0.25, 0.3) is 0 Å². The first kappa shape index (κ1) is 13.5. The van der Waals surface area contributed by atoms with Gasteiger partial charge in [-0.15, -0.1) is 11.8 Å². The van der Waals surface area contributed by atoms with Gasteiger partial charge in [0.2, 0.25) is 0 Å². The van der Waals surface area contributed by atoms with Gasteiger partial charge in [0.25, 0.3) is 0 Å². The Kier molecular flexibility index (Phi) is 4.46. The minimum atomic E-state index is 0.739. The topological polar surface area (TPSA) is 15.3 Å². The van der Waals surface area contributed by atoms with E-state index in [9.17, 15) is 0 Å². The molecule has 0 amide bonds. The lowest BCUT2D eigenvalue weighted by Crippen LogP contribution is -2.40. The van der Waals surface area contributed by atoms with Crippen LogP contribution in [0.15, 0.2) is 29.2 Å². The third-order valence-corrected chi connectivity index (χ3v) is 5.63. The molecule has 0 saturated carbocycles. The predicted molar refractivity (Wildman–Crippen MR) is 83.0 cm³/mol. The van der Waals surface area contributed by atoms with E-state index in [-0.39, 0.29) is 0 Å². The molecule has 1 aromatic carbocycles. The van der Waals surface area contributed by atoms with Crippen LogP contribution in [0, 0.1) is 0 Å². The van der Waals surface area contributed by atoms with Gasteiger partial charge in [-0.25, -0.2) is 0 Å². The summed E-state index contributed by atoms with van der Waals surface area (Å²) < 4.78 is 0. The molecule has 1 saturated heterocycles. The quantitative estimate of drug-likeness (QED) is 0.890. The van der Waals surface area contributed by atoms with Crippen molar-refractivity contribution in [2.75, 3.05) is 31.9 Å². The highest BCUT2D eigenvalue weighted by Gasteiger charge is 2.30. The van der Waals surface area contributed by atoms with Crippen molar-refractivity contribution in [2.24, 2.45) is 0 Å². The smallest absolute Gasteiger partial charge is 0.0221 e. The molecule has 1 N–H and O–H groups in total. The van der Waals surface area contributed by atoms with Gasteiger partial charge in [0, 0.05) is 35.7 Å². The molecule has 0 aliphatic carbocycles. The summed E-state index contributed by atoms with van der Waals surface area (Å²) in [4.78, 5) is 4.23. The minimum Gasteiger partial charge on any atom is -0.315 e. The number of rotatable bonds is 5. The second-order valence-electron chi connectivity index (χ2n) is 5.64. The SMILES string of the molecule is CCNCC1CCCN1CC1CSc2ccccc21. The number of thioether (sulfide) groups is 1. The van der Waals surface area contributed by atoms with Crippen molar-refractivity contribution in [3.05, 3.63) is 29.8 Å². The highest BCUT2D eigenvalue weighted by atomic mass is 32.2. The van der Waals surface area contributed by atoms with Crippen molar-refractivity contribution in [3.8, 4) is 0 Å². The lowest BCUT2D eigenvalue weighted by molar-refractivity contribution is 0.238. The van der Waals surface area contributed by atoms with Crippen LogP contribution in [0.3, 0.4) is 0 Å². The lowest BCUT2D eigenvalue weighted by Gasteiger charge is -2.27. The summed E-state index contributed by atoms with van der Waals surface area (Å²) in [7, 11) is 0. The van der Waals surface area contributed by atoms with Crippen molar-refractivity contribution < 1.29 is 0 Å². The van der Waals surface area contributed by atoms with Crippen LogP contribution in [0.4, 0.5) is 0 Å². The molecule has 1 fully saturated rings. The highest BCUT2D eigenvalue weighted by molar-refractivity contribution is 7.99. The summed E-state index contributed by atoms with van der Waals surface area (Å²) in [5.41, 5.74) is 1.58. The van der Waals surface area contributed by atoms with E-state index in [2.05, 4.69) is 41.4 Å². The molecule has 0 spiro atoms. The molecular weight excluding hydrogens is 252 g/mol. The number of hydrogen-bond acceptors (Lipinski definition) is 3. The third-order valence-electron chi connectivity index (χ3n) is 4.38. The van der Waals surface area contributed by atoms with Crippen LogP contribution >= 0.6 is 11.8 Å². The number of nitrogens with one attached hydrogen (secondary N) is 1. The summed E-state index contributed by atoms with van der Waals surface area (Å²) >= 11 is 2.04. The summed E-state index contributed by atoms with van der Waals surface area (Å²) in [6, 6.07) is 9.73. The maximum atomic E-state index is 3.52. The van der Waals surface area contributed by atoms with E-state index in [1.807, 2.05) is 11.8 Å². The maximum absolute atomic E-state index is 3.52. The Morgan fingerprint density at radius 1 is 1.37 bits per heavy atom. The van der Waals surface area contributed by atoms with Crippen LogP contribution in [0.1, 0.15) is 31.2 Å². The van der Waals surface area contributed by atoms with Crippen LogP contribution < -0.4 is 5.32 Å². The van der Waals surface area contributed by atoms with Gasteiger partial charge in [-0.1, -0.05) is 25.1 Å². The number of nitrogens with zero attached hydrogens (tertiary/aromatic N) is 1. The summed E-state index contributed by atoms with van der Waals surface area (Å²) in [5, 5.41) is 3.52. The molecule has 3 heteroatoms. The first-order valence-electron chi connectivity index (χ1n) is 7.55. The van der Waals surface area contributed by atoms with Crippen molar-refractivity contribution in [1.29, 1.82) is 0 Å². The molecule has 2 unspecified atom stereocenters. The fraction of sp³-hybridized carbons (Fsp3) is 0.625. The molecule has 2 aliphatic heterocycles. The van der Waals surface area contributed by atoms with Gasteiger partial charge in [0.15, 0.2) is 0 Å². The Morgan fingerprint density at radius 2 is 2.26 bits per heavy atom. The van der Waals surface area contributed by atoms with Crippen molar-refractivity contribution in [3.63, 3.8) is 0 Å². The molecule has 3 rings (SSSR count).